The Labute approximate surface area is 76.6 Å². The lowest BCUT2D eigenvalue weighted by Gasteiger charge is -2.14. The Kier molecular flexibility index (Phi) is 4.67. The highest BCUT2D eigenvalue weighted by Crippen LogP contribution is 2.21. The molecule has 0 aromatic carbocycles. The van der Waals surface area contributed by atoms with Crippen LogP contribution in [0.4, 0.5) is 0 Å². The molecule has 56 valence electrons. The highest BCUT2D eigenvalue weighted by molar-refractivity contribution is 8.93. The number of hydrogen-bond donors (Lipinski definition) is 0. The molecule has 1 rings (SSSR count). The van der Waals surface area contributed by atoms with E-state index in [4.69, 9.17) is 6.42 Å². The summed E-state index contributed by atoms with van der Waals surface area (Å²) in [6, 6.07) is 0. The molecule has 0 bridgehead atoms. The second kappa shape index (κ2) is 4.70. The van der Waals surface area contributed by atoms with Gasteiger partial charge in [-0.3, -0.25) is 0 Å². The Morgan fingerprint density at radius 1 is 1.90 bits per heavy atom. The second-order valence-electron chi connectivity index (χ2n) is 1.96. The first kappa shape index (κ1) is 9.93. The highest BCUT2D eigenvalue weighted by atomic mass is 79.9. The van der Waals surface area contributed by atoms with E-state index in [0.29, 0.717) is 0 Å². The summed E-state index contributed by atoms with van der Waals surface area (Å²) in [5, 5.41) is 2.14. The van der Waals surface area contributed by atoms with Gasteiger partial charge < -0.3 is 4.90 Å². The summed E-state index contributed by atoms with van der Waals surface area (Å²) in [6.45, 7) is 2.83. The van der Waals surface area contributed by atoms with Crippen molar-refractivity contribution in [2.24, 2.45) is 0 Å². The van der Waals surface area contributed by atoms with Gasteiger partial charge in [0, 0.05) is 5.70 Å². The van der Waals surface area contributed by atoms with E-state index in [9.17, 15) is 0 Å². The fourth-order valence-electron chi connectivity index (χ4n) is 0.705. The summed E-state index contributed by atoms with van der Waals surface area (Å²) < 4.78 is 0. The molecule has 0 unspecified atom stereocenters. The monoisotopic (exact) mass is 219 g/mol. The molecule has 0 fully saturated rings. The first-order valence-corrected chi connectivity index (χ1v) is 3.86. The quantitative estimate of drug-likeness (QED) is 0.622. The van der Waals surface area contributed by atoms with Gasteiger partial charge in [-0.15, -0.1) is 35.2 Å². The van der Waals surface area contributed by atoms with Crippen molar-refractivity contribution in [1.29, 1.82) is 0 Å². The average molecular weight is 220 g/mol. The van der Waals surface area contributed by atoms with Gasteiger partial charge >= 0.3 is 0 Å². The molecule has 3 heteroatoms. The van der Waals surface area contributed by atoms with Crippen LogP contribution in [-0.2, 0) is 0 Å². The van der Waals surface area contributed by atoms with Crippen molar-refractivity contribution in [1.82, 2.24) is 4.90 Å². The van der Waals surface area contributed by atoms with Crippen molar-refractivity contribution < 1.29 is 0 Å². The molecule has 0 aromatic heterocycles. The SMILES string of the molecule is Br.C#CCN1CSC=C1C. The van der Waals surface area contributed by atoms with Crippen LogP contribution in [0.5, 0.6) is 0 Å². The number of thioether (sulfide) groups is 1. The lowest BCUT2D eigenvalue weighted by atomic mass is 10.5. The molecule has 0 amide bonds. The molecule has 10 heavy (non-hydrogen) atoms. The molecule has 0 atom stereocenters. The summed E-state index contributed by atoms with van der Waals surface area (Å²) in [5.74, 6) is 3.64. The molecular formula is C7H10BrNS. The average Bonchev–Trinajstić information content (AvgIpc) is 2.18. The fraction of sp³-hybridized carbons (Fsp3) is 0.429. The largest absolute Gasteiger partial charge is 0.354 e. The molecule has 0 N–H and O–H groups in total. The van der Waals surface area contributed by atoms with Gasteiger partial charge in [-0.1, -0.05) is 5.92 Å². The third-order valence-electron chi connectivity index (χ3n) is 1.27. The molecule has 1 aliphatic rings. The fourth-order valence-corrected chi connectivity index (χ4v) is 1.64. The van der Waals surface area contributed by atoms with Crippen molar-refractivity contribution in [3.05, 3.63) is 11.1 Å². The third kappa shape index (κ3) is 2.28. The normalized spacial score (nSPS) is 15.6. The van der Waals surface area contributed by atoms with E-state index < -0.39 is 0 Å². The minimum absolute atomic E-state index is 0. The lowest BCUT2D eigenvalue weighted by molar-refractivity contribution is 0.464. The minimum atomic E-state index is 0. The summed E-state index contributed by atoms with van der Waals surface area (Å²) in [4.78, 5) is 2.17. The van der Waals surface area contributed by atoms with Gasteiger partial charge in [0.15, 0.2) is 0 Å². The van der Waals surface area contributed by atoms with Crippen LogP contribution in [0.3, 0.4) is 0 Å². The molecule has 0 radical (unpaired) electrons. The van der Waals surface area contributed by atoms with Gasteiger partial charge in [-0.05, 0) is 12.3 Å². The van der Waals surface area contributed by atoms with Gasteiger partial charge in [0.1, 0.15) is 0 Å². The van der Waals surface area contributed by atoms with Crippen LogP contribution >= 0.6 is 28.7 Å². The Hall–Kier alpha value is -0.0700. The summed E-state index contributed by atoms with van der Waals surface area (Å²) in [5.41, 5.74) is 1.29. The molecule has 0 saturated heterocycles. The van der Waals surface area contributed by atoms with Crippen LogP contribution in [-0.4, -0.2) is 17.3 Å². The molecule has 1 aliphatic heterocycles. The van der Waals surface area contributed by atoms with E-state index in [-0.39, 0.29) is 17.0 Å². The Morgan fingerprint density at radius 2 is 2.60 bits per heavy atom. The molecule has 1 nitrogen and oxygen atoms in total. The van der Waals surface area contributed by atoms with E-state index in [1.54, 1.807) is 11.8 Å². The maximum Gasteiger partial charge on any atom is 0.0797 e. The molecule has 0 spiro atoms. The zero-order valence-corrected chi connectivity index (χ0v) is 8.36. The smallest absolute Gasteiger partial charge is 0.0797 e. The highest BCUT2D eigenvalue weighted by Gasteiger charge is 2.08. The molecule has 1 heterocycles. The number of nitrogens with zero attached hydrogens (tertiary/aromatic N) is 1. The van der Waals surface area contributed by atoms with Crippen molar-refractivity contribution in [2.75, 3.05) is 12.4 Å². The maximum atomic E-state index is 5.14. The predicted octanol–water partition coefficient (Wildman–Crippen LogP) is 2.07. The van der Waals surface area contributed by atoms with Gasteiger partial charge in [-0.25, -0.2) is 0 Å². The predicted molar refractivity (Wildman–Crippen MR) is 52.1 cm³/mol. The molecule has 0 saturated carbocycles. The first-order chi connectivity index (χ1) is 4.34. The number of hydrogen-bond acceptors (Lipinski definition) is 2. The van der Waals surface area contributed by atoms with Crippen molar-refractivity contribution >= 4 is 28.7 Å². The number of rotatable bonds is 1. The van der Waals surface area contributed by atoms with Gasteiger partial charge in [0.25, 0.3) is 0 Å². The topological polar surface area (TPSA) is 3.24 Å². The maximum absolute atomic E-state index is 5.14. The zero-order valence-electron chi connectivity index (χ0n) is 5.83. The molecule has 0 aromatic rings. The van der Waals surface area contributed by atoms with Crippen molar-refractivity contribution in [3.63, 3.8) is 0 Å². The number of halogens is 1. The first-order valence-electron chi connectivity index (χ1n) is 2.81. The van der Waals surface area contributed by atoms with Crippen LogP contribution in [0.2, 0.25) is 0 Å². The minimum Gasteiger partial charge on any atom is -0.354 e. The van der Waals surface area contributed by atoms with Crippen LogP contribution in [0, 0.1) is 12.3 Å². The van der Waals surface area contributed by atoms with Crippen LogP contribution in [0.15, 0.2) is 11.1 Å². The Balaban J connectivity index is 0.000000810. The van der Waals surface area contributed by atoms with Gasteiger partial charge in [0.05, 0.1) is 12.4 Å². The lowest BCUT2D eigenvalue weighted by Crippen LogP contribution is -2.17. The third-order valence-corrected chi connectivity index (χ3v) is 2.23. The van der Waals surface area contributed by atoms with E-state index in [2.05, 4.69) is 23.2 Å². The summed E-state index contributed by atoms with van der Waals surface area (Å²) >= 11 is 1.80. The van der Waals surface area contributed by atoms with Gasteiger partial charge in [-0.2, -0.15) is 0 Å². The summed E-state index contributed by atoms with van der Waals surface area (Å²) in [7, 11) is 0. The van der Waals surface area contributed by atoms with E-state index >= 15 is 0 Å². The van der Waals surface area contributed by atoms with Crippen molar-refractivity contribution in [2.45, 2.75) is 6.92 Å². The van der Waals surface area contributed by atoms with E-state index in [1.165, 1.54) is 5.70 Å². The van der Waals surface area contributed by atoms with Crippen LogP contribution in [0.25, 0.3) is 0 Å². The van der Waals surface area contributed by atoms with Crippen molar-refractivity contribution in [3.8, 4) is 12.3 Å². The van der Waals surface area contributed by atoms with E-state index in [1.807, 2.05) is 0 Å². The zero-order chi connectivity index (χ0) is 6.69. The van der Waals surface area contributed by atoms with Gasteiger partial charge in [0.2, 0.25) is 0 Å². The Bertz CT molecular complexity index is 171. The standard InChI is InChI=1S/C7H9NS.BrH/c1-3-4-8-6-9-5-7(8)2;/h1,5H,4,6H2,2H3;1H. The van der Waals surface area contributed by atoms with E-state index in [0.717, 1.165) is 12.4 Å². The summed E-state index contributed by atoms with van der Waals surface area (Å²) in [6.07, 6.45) is 5.14. The Morgan fingerprint density at radius 3 is 3.00 bits per heavy atom. The van der Waals surface area contributed by atoms with Crippen LogP contribution < -0.4 is 0 Å². The molecular weight excluding hydrogens is 210 g/mol. The van der Waals surface area contributed by atoms with Crippen LogP contribution in [0.1, 0.15) is 6.92 Å². The number of terminal acetylenes is 1. The molecule has 0 aliphatic carbocycles. The number of allylic oxidation sites excluding steroid dienone is 1. The second-order valence-corrected chi connectivity index (χ2v) is 2.78.